The maximum absolute atomic E-state index is 13.6. The molecule has 1 unspecified atom stereocenters. The van der Waals surface area contributed by atoms with E-state index in [0.717, 1.165) is 25.1 Å². The summed E-state index contributed by atoms with van der Waals surface area (Å²) >= 11 is 1.97. The second-order valence-corrected chi connectivity index (χ2v) is 6.68. The van der Waals surface area contributed by atoms with Gasteiger partial charge in [0.15, 0.2) is 5.96 Å². The minimum absolute atomic E-state index is 0. The van der Waals surface area contributed by atoms with Gasteiger partial charge in [-0.05, 0) is 55.7 Å². The van der Waals surface area contributed by atoms with Crippen LogP contribution in [-0.2, 0) is 6.42 Å². The van der Waals surface area contributed by atoms with Gasteiger partial charge in [0.25, 0.3) is 0 Å². The highest BCUT2D eigenvalue weighted by Gasteiger charge is 2.15. The molecule has 1 fully saturated rings. The molecule has 2 rings (SSSR count). The molecule has 1 heterocycles. The summed E-state index contributed by atoms with van der Waals surface area (Å²) in [6.45, 7) is 4.10. The second-order valence-electron chi connectivity index (χ2n) is 5.27. The summed E-state index contributed by atoms with van der Waals surface area (Å²) < 4.78 is 26.7. The molecule has 1 aromatic rings. The number of nitrogens with zero attached hydrogens (tertiary/aromatic N) is 1. The monoisotopic (exact) mass is 455 g/mol. The van der Waals surface area contributed by atoms with E-state index in [1.807, 2.05) is 18.7 Å². The number of hydrogen-bond acceptors (Lipinski definition) is 2. The fourth-order valence-electron chi connectivity index (χ4n) is 2.37. The highest BCUT2D eigenvalue weighted by atomic mass is 127. The Morgan fingerprint density at radius 2 is 2.17 bits per heavy atom. The molecule has 1 atom stereocenters. The topological polar surface area (TPSA) is 36.4 Å². The summed E-state index contributed by atoms with van der Waals surface area (Å²) in [5.74, 6) is 1.19. The molecule has 0 spiro atoms. The molecule has 7 heteroatoms. The summed E-state index contributed by atoms with van der Waals surface area (Å²) in [6, 6.07) is 3.55. The molecule has 3 nitrogen and oxygen atoms in total. The van der Waals surface area contributed by atoms with E-state index in [1.165, 1.54) is 30.7 Å². The molecular formula is C16H24F2IN3S. The Kier molecular flexibility index (Phi) is 9.85. The fourth-order valence-corrected chi connectivity index (χ4v) is 3.55. The van der Waals surface area contributed by atoms with Crippen molar-refractivity contribution in [3.63, 3.8) is 0 Å². The third-order valence-electron chi connectivity index (χ3n) is 3.52. The number of rotatable bonds is 6. The van der Waals surface area contributed by atoms with E-state index in [2.05, 4.69) is 15.6 Å². The molecule has 1 saturated heterocycles. The number of nitrogens with one attached hydrogen (secondary N) is 2. The summed E-state index contributed by atoms with van der Waals surface area (Å²) in [5.41, 5.74) is 0.384. The Morgan fingerprint density at radius 1 is 1.35 bits per heavy atom. The quantitative estimate of drug-likeness (QED) is 0.391. The van der Waals surface area contributed by atoms with Gasteiger partial charge in [-0.25, -0.2) is 8.78 Å². The van der Waals surface area contributed by atoms with Crippen molar-refractivity contribution in [3.05, 3.63) is 35.4 Å². The summed E-state index contributed by atoms with van der Waals surface area (Å²) in [6.07, 6.45) is 2.92. The highest BCUT2D eigenvalue weighted by Crippen LogP contribution is 2.25. The Labute approximate surface area is 158 Å². The fraction of sp³-hybridized carbons (Fsp3) is 0.562. The highest BCUT2D eigenvalue weighted by molar-refractivity contribution is 14.0. The van der Waals surface area contributed by atoms with Gasteiger partial charge in [0, 0.05) is 18.3 Å². The molecule has 23 heavy (non-hydrogen) atoms. The molecule has 0 amide bonds. The summed E-state index contributed by atoms with van der Waals surface area (Å²) in [7, 11) is 0. The largest absolute Gasteiger partial charge is 0.357 e. The Hall–Kier alpha value is -0.570. The van der Waals surface area contributed by atoms with Crippen LogP contribution in [0.1, 0.15) is 25.3 Å². The maximum Gasteiger partial charge on any atom is 0.191 e. The minimum Gasteiger partial charge on any atom is -0.357 e. The van der Waals surface area contributed by atoms with Gasteiger partial charge in [0.05, 0.1) is 6.54 Å². The lowest BCUT2D eigenvalue weighted by molar-refractivity contribution is 0.583. The van der Waals surface area contributed by atoms with Crippen LogP contribution in [0.3, 0.4) is 0 Å². The first-order chi connectivity index (χ1) is 10.7. The molecule has 1 aromatic carbocycles. The third-order valence-corrected chi connectivity index (χ3v) is 4.90. The van der Waals surface area contributed by atoms with Crippen LogP contribution in [0.15, 0.2) is 23.2 Å². The maximum atomic E-state index is 13.6. The smallest absolute Gasteiger partial charge is 0.191 e. The van der Waals surface area contributed by atoms with Crippen LogP contribution in [0.2, 0.25) is 0 Å². The van der Waals surface area contributed by atoms with Crippen LogP contribution >= 0.6 is 35.7 Å². The molecule has 0 bridgehead atoms. The predicted molar refractivity (Wildman–Crippen MR) is 105 cm³/mol. The van der Waals surface area contributed by atoms with E-state index >= 15 is 0 Å². The number of aliphatic imine (C=N–C) groups is 1. The van der Waals surface area contributed by atoms with E-state index < -0.39 is 5.82 Å². The number of thioether (sulfide) groups is 1. The lowest BCUT2D eigenvalue weighted by Gasteiger charge is -2.13. The van der Waals surface area contributed by atoms with E-state index in [-0.39, 0.29) is 29.8 Å². The zero-order valence-corrected chi connectivity index (χ0v) is 16.4. The van der Waals surface area contributed by atoms with E-state index in [4.69, 9.17) is 0 Å². The molecule has 0 aliphatic carbocycles. The van der Waals surface area contributed by atoms with Crippen molar-refractivity contribution in [2.24, 2.45) is 4.99 Å². The van der Waals surface area contributed by atoms with Gasteiger partial charge in [-0.3, -0.25) is 4.99 Å². The standard InChI is InChI=1S/C16H23F2N3S.HI/c1-2-19-16(21-11-14-4-3-9-22-14)20-8-7-12-10-13(17)5-6-15(12)18;/h5-6,10,14H,2-4,7-9,11H2,1H3,(H2,19,20,21);1H. The van der Waals surface area contributed by atoms with Crippen molar-refractivity contribution < 1.29 is 8.78 Å². The van der Waals surface area contributed by atoms with Crippen molar-refractivity contribution in [2.75, 3.05) is 25.4 Å². The summed E-state index contributed by atoms with van der Waals surface area (Å²) in [5, 5.41) is 6.97. The third kappa shape index (κ3) is 7.24. The lowest BCUT2D eigenvalue weighted by Crippen LogP contribution is -2.38. The SMILES string of the molecule is CCNC(=NCC1CCCS1)NCCc1cc(F)ccc1F.I. The Bertz CT molecular complexity index is 508. The average molecular weight is 455 g/mol. The van der Waals surface area contributed by atoms with E-state index in [0.29, 0.717) is 23.8 Å². The molecule has 1 aliphatic heterocycles. The van der Waals surface area contributed by atoms with Gasteiger partial charge in [0.2, 0.25) is 0 Å². The van der Waals surface area contributed by atoms with Crippen LogP contribution in [-0.4, -0.2) is 36.6 Å². The van der Waals surface area contributed by atoms with Crippen LogP contribution < -0.4 is 10.6 Å². The summed E-state index contributed by atoms with van der Waals surface area (Å²) in [4.78, 5) is 4.57. The first kappa shape index (κ1) is 20.5. The molecule has 0 saturated carbocycles. The Morgan fingerprint density at radius 3 is 2.87 bits per heavy atom. The zero-order chi connectivity index (χ0) is 15.8. The van der Waals surface area contributed by atoms with Crippen molar-refractivity contribution in [2.45, 2.75) is 31.4 Å². The molecule has 2 N–H and O–H groups in total. The first-order valence-corrected chi connectivity index (χ1v) is 8.81. The molecular weight excluding hydrogens is 431 g/mol. The van der Waals surface area contributed by atoms with Crippen LogP contribution in [0.4, 0.5) is 8.78 Å². The molecule has 0 aromatic heterocycles. The van der Waals surface area contributed by atoms with Gasteiger partial charge < -0.3 is 10.6 Å². The molecule has 0 radical (unpaired) electrons. The van der Waals surface area contributed by atoms with Crippen LogP contribution in [0, 0.1) is 11.6 Å². The number of halogens is 3. The van der Waals surface area contributed by atoms with Crippen LogP contribution in [0.5, 0.6) is 0 Å². The second kappa shape index (κ2) is 11.1. The van der Waals surface area contributed by atoms with Gasteiger partial charge >= 0.3 is 0 Å². The van der Waals surface area contributed by atoms with Crippen molar-refractivity contribution in [3.8, 4) is 0 Å². The first-order valence-electron chi connectivity index (χ1n) is 7.76. The van der Waals surface area contributed by atoms with Crippen molar-refractivity contribution in [1.29, 1.82) is 0 Å². The Balaban J connectivity index is 0.00000264. The number of benzene rings is 1. The van der Waals surface area contributed by atoms with Gasteiger partial charge in [-0.15, -0.1) is 24.0 Å². The number of guanidine groups is 1. The predicted octanol–water partition coefficient (Wildman–Crippen LogP) is 3.58. The lowest BCUT2D eigenvalue weighted by atomic mass is 10.1. The molecule has 1 aliphatic rings. The average Bonchev–Trinajstić information content (AvgIpc) is 3.01. The van der Waals surface area contributed by atoms with Gasteiger partial charge in [-0.2, -0.15) is 11.8 Å². The van der Waals surface area contributed by atoms with Gasteiger partial charge in [0.1, 0.15) is 11.6 Å². The van der Waals surface area contributed by atoms with E-state index in [9.17, 15) is 8.78 Å². The van der Waals surface area contributed by atoms with Crippen molar-refractivity contribution in [1.82, 2.24) is 10.6 Å². The minimum atomic E-state index is -0.407. The molecule has 130 valence electrons. The van der Waals surface area contributed by atoms with Gasteiger partial charge in [-0.1, -0.05) is 0 Å². The normalized spacial score (nSPS) is 17.7. The van der Waals surface area contributed by atoms with Crippen LogP contribution in [0.25, 0.3) is 0 Å². The number of hydrogen-bond donors (Lipinski definition) is 2. The van der Waals surface area contributed by atoms with Crippen molar-refractivity contribution >= 4 is 41.7 Å². The van der Waals surface area contributed by atoms with E-state index in [1.54, 1.807) is 0 Å². The zero-order valence-electron chi connectivity index (χ0n) is 13.3.